The monoisotopic (exact) mass is 286 g/mol. The van der Waals surface area contributed by atoms with Crippen molar-refractivity contribution in [2.45, 2.75) is 39.2 Å². The Bertz CT molecular complexity index is 413. The lowest BCUT2D eigenvalue weighted by atomic mass is 9.95. The molecule has 0 saturated carbocycles. The summed E-state index contributed by atoms with van der Waals surface area (Å²) in [6.07, 6.45) is 5.46. The number of ketones is 1. The van der Waals surface area contributed by atoms with Crippen molar-refractivity contribution in [3.63, 3.8) is 0 Å². The molecule has 1 aliphatic rings. The Kier molecular flexibility index (Phi) is 5.13. The molecule has 0 aromatic carbocycles. The quantitative estimate of drug-likeness (QED) is 0.775. The maximum absolute atomic E-state index is 12.3. The highest BCUT2D eigenvalue weighted by molar-refractivity contribution is 7.99. The topological polar surface area (TPSA) is 34.9 Å². The van der Waals surface area contributed by atoms with Gasteiger partial charge in [0.05, 0.1) is 11.2 Å². The van der Waals surface area contributed by atoms with Gasteiger partial charge in [-0.25, -0.2) is 0 Å². The Balaban J connectivity index is 2.05. The number of nitrogens with zero attached hydrogens (tertiary/aromatic N) is 2. The summed E-state index contributed by atoms with van der Waals surface area (Å²) in [6.45, 7) is 2.83. The molecule has 3 nitrogen and oxygen atoms in total. The van der Waals surface area contributed by atoms with Crippen molar-refractivity contribution in [3.8, 4) is 0 Å². The predicted molar refractivity (Wildman–Crippen MR) is 76.5 cm³/mol. The minimum absolute atomic E-state index is 0.155. The second-order valence-corrected chi connectivity index (χ2v) is 6.38. The molecular formula is C13H19ClN2OS. The molecule has 2 rings (SSSR count). The first-order valence-electron chi connectivity index (χ1n) is 6.54. The number of rotatable bonds is 5. The Morgan fingerprint density at radius 1 is 1.56 bits per heavy atom. The summed E-state index contributed by atoms with van der Waals surface area (Å²) in [5.41, 5.74) is 0.608. The lowest BCUT2D eigenvalue weighted by Crippen LogP contribution is -2.17. The van der Waals surface area contributed by atoms with E-state index in [4.69, 9.17) is 11.6 Å². The van der Waals surface area contributed by atoms with E-state index in [1.807, 2.05) is 11.8 Å². The Labute approximate surface area is 117 Å². The normalized spacial score (nSPS) is 17.0. The van der Waals surface area contributed by atoms with Crippen molar-refractivity contribution in [1.82, 2.24) is 9.78 Å². The zero-order chi connectivity index (χ0) is 13.0. The van der Waals surface area contributed by atoms with Gasteiger partial charge in [0.25, 0.3) is 0 Å². The molecule has 0 unspecified atom stereocenters. The third-order valence-corrected chi connectivity index (χ3v) is 4.63. The van der Waals surface area contributed by atoms with Gasteiger partial charge >= 0.3 is 0 Å². The second kappa shape index (κ2) is 6.62. The SMILES string of the molecule is CCCn1ncc(Cl)c1C(=O)CC1CCSCC1. The summed E-state index contributed by atoms with van der Waals surface area (Å²) in [4.78, 5) is 12.3. The molecule has 0 amide bonds. The van der Waals surface area contributed by atoms with Crippen molar-refractivity contribution in [2.24, 2.45) is 5.92 Å². The Morgan fingerprint density at radius 2 is 2.28 bits per heavy atom. The molecule has 0 spiro atoms. The van der Waals surface area contributed by atoms with Gasteiger partial charge in [0.15, 0.2) is 5.78 Å². The molecule has 100 valence electrons. The summed E-state index contributed by atoms with van der Waals surface area (Å²) in [6, 6.07) is 0. The van der Waals surface area contributed by atoms with Gasteiger partial charge in [-0.1, -0.05) is 18.5 Å². The maximum atomic E-state index is 12.3. The fourth-order valence-electron chi connectivity index (χ4n) is 2.33. The van der Waals surface area contributed by atoms with E-state index in [9.17, 15) is 4.79 Å². The third-order valence-electron chi connectivity index (χ3n) is 3.31. The number of halogens is 1. The molecule has 1 saturated heterocycles. The van der Waals surface area contributed by atoms with Crippen LogP contribution >= 0.6 is 23.4 Å². The van der Waals surface area contributed by atoms with Crippen LogP contribution in [0, 0.1) is 5.92 Å². The third kappa shape index (κ3) is 3.29. The zero-order valence-corrected chi connectivity index (χ0v) is 12.3. The van der Waals surface area contributed by atoms with Crippen molar-refractivity contribution < 1.29 is 4.79 Å². The molecular weight excluding hydrogens is 268 g/mol. The number of Topliss-reactive ketones (excluding diaryl/α,β-unsaturated/α-hetero) is 1. The van der Waals surface area contributed by atoms with Crippen LogP contribution in [-0.4, -0.2) is 27.1 Å². The summed E-state index contributed by atoms with van der Waals surface area (Å²) in [5.74, 6) is 3.04. The summed E-state index contributed by atoms with van der Waals surface area (Å²) < 4.78 is 1.75. The predicted octanol–water partition coefficient (Wildman–Crippen LogP) is 3.66. The smallest absolute Gasteiger partial charge is 0.182 e. The van der Waals surface area contributed by atoms with Crippen molar-refractivity contribution in [2.75, 3.05) is 11.5 Å². The Hall–Kier alpha value is -0.480. The van der Waals surface area contributed by atoms with Crippen molar-refractivity contribution in [3.05, 3.63) is 16.9 Å². The van der Waals surface area contributed by atoms with Crippen LogP contribution in [-0.2, 0) is 6.54 Å². The number of thioether (sulfide) groups is 1. The first-order valence-corrected chi connectivity index (χ1v) is 8.08. The maximum Gasteiger partial charge on any atom is 0.182 e. The van der Waals surface area contributed by atoms with Crippen LogP contribution in [0.5, 0.6) is 0 Å². The molecule has 0 atom stereocenters. The summed E-state index contributed by atoms with van der Waals surface area (Å²) >= 11 is 8.07. The van der Waals surface area contributed by atoms with Crippen molar-refractivity contribution in [1.29, 1.82) is 0 Å². The van der Waals surface area contributed by atoms with Crippen LogP contribution in [0.2, 0.25) is 5.02 Å². The average Bonchev–Trinajstić information content (AvgIpc) is 2.72. The van der Waals surface area contributed by atoms with Gasteiger partial charge in [-0.2, -0.15) is 16.9 Å². The van der Waals surface area contributed by atoms with Crippen LogP contribution in [0.25, 0.3) is 0 Å². The van der Waals surface area contributed by atoms with Gasteiger partial charge in [-0.05, 0) is 36.7 Å². The van der Waals surface area contributed by atoms with E-state index >= 15 is 0 Å². The molecule has 1 aromatic heterocycles. The molecule has 0 aliphatic carbocycles. The minimum atomic E-state index is 0.155. The molecule has 1 fully saturated rings. The van der Waals surface area contributed by atoms with E-state index in [2.05, 4.69) is 12.0 Å². The van der Waals surface area contributed by atoms with Crippen LogP contribution < -0.4 is 0 Å². The standard InChI is InChI=1S/C13H19ClN2OS/c1-2-5-16-13(11(14)9-15-16)12(17)8-10-3-6-18-7-4-10/h9-10H,2-8H2,1H3. The lowest BCUT2D eigenvalue weighted by Gasteiger charge is -2.20. The number of carbonyl (C=O) groups is 1. The highest BCUT2D eigenvalue weighted by Gasteiger charge is 2.22. The highest BCUT2D eigenvalue weighted by atomic mass is 35.5. The van der Waals surface area contributed by atoms with Gasteiger partial charge in [-0.15, -0.1) is 0 Å². The van der Waals surface area contributed by atoms with Gasteiger partial charge in [0, 0.05) is 13.0 Å². The second-order valence-electron chi connectivity index (χ2n) is 4.75. The number of carbonyl (C=O) groups excluding carboxylic acids is 1. The van der Waals surface area contributed by atoms with E-state index in [1.165, 1.54) is 11.5 Å². The molecule has 5 heteroatoms. The highest BCUT2D eigenvalue weighted by Crippen LogP contribution is 2.28. The van der Waals surface area contributed by atoms with Gasteiger partial charge in [-0.3, -0.25) is 9.48 Å². The largest absolute Gasteiger partial charge is 0.292 e. The van der Waals surface area contributed by atoms with Crippen LogP contribution in [0.1, 0.15) is 43.1 Å². The molecule has 0 N–H and O–H groups in total. The summed E-state index contributed by atoms with van der Waals surface area (Å²) in [5, 5.41) is 4.68. The van der Waals surface area contributed by atoms with Crippen LogP contribution in [0.4, 0.5) is 0 Å². The molecule has 2 heterocycles. The first kappa shape index (κ1) is 13.9. The van der Waals surface area contributed by atoms with E-state index < -0.39 is 0 Å². The zero-order valence-electron chi connectivity index (χ0n) is 10.7. The fourth-order valence-corrected chi connectivity index (χ4v) is 3.78. The molecule has 18 heavy (non-hydrogen) atoms. The van der Waals surface area contributed by atoms with Crippen molar-refractivity contribution >= 4 is 29.1 Å². The minimum Gasteiger partial charge on any atom is -0.292 e. The van der Waals surface area contributed by atoms with Gasteiger partial charge in [0.1, 0.15) is 5.69 Å². The first-order chi connectivity index (χ1) is 8.72. The summed E-state index contributed by atoms with van der Waals surface area (Å²) in [7, 11) is 0. The fraction of sp³-hybridized carbons (Fsp3) is 0.692. The number of aromatic nitrogens is 2. The molecule has 0 bridgehead atoms. The van der Waals surface area contributed by atoms with Crippen LogP contribution in [0.15, 0.2) is 6.20 Å². The van der Waals surface area contributed by atoms with E-state index in [0.29, 0.717) is 23.1 Å². The molecule has 1 aliphatic heterocycles. The lowest BCUT2D eigenvalue weighted by molar-refractivity contribution is 0.0948. The van der Waals surface area contributed by atoms with Crippen LogP contribution in [0.3, 0.4) is 0 Å². The number of aryl methyl sites for hydroxylation is 1. The van der Waals surface area contributed by atoms with Gasteiger partial charge < -0.3 is 0 Å². The number of hydrogen-bond acceptors (Lipinski definition) is 3. The van der Waals surface area contributed by atoms with E-state index in [0.717, 1.165) is 25.8 Å². The van der Waals surface area contributed by atoms with E-state index in [-0.39, 0.29) is 5.78 Å². The molecule has 0 radical (unpaired) electrons. The molecule has 1 aromatic rings. The van der Waals surface area contributed by atoms with Gasteiger partial charge in [0.2, 0.25) is 0 Å². The van der Waals surface area contributed by atoms with E-state index in [1.54, 1.807) is 10.9 Å². The average molecular weight is 287 g/mol. The number of hydrogen-bond donors (Lipinski definition) is 0. The Morgan fingerprint density at radius 3 is 2.94 bits per heavy atom.